The van der Waals surface area contributed by atoms with Crippen LogP contribution in [0.15, 0.2) is 48.5 Å². The van der Waals surface area contributed by atoms with Crippen LogP contribution in [0.1, 0.15) is 31.7 Å². The van der Waals surface area contributed by atoms with E-state index in [1.54, 1.807) is 13.0 Å². The highest BCUT2D eigenvalue weighted by Gasteiger charge is 2.53. The molecule has 1 saturated carbocycles. The molecule has 1 amide bonds. The van der Waals surface area contributed by atoms with Crippen molar-refractivity contribution in [1.82, 2.24) is 4.90 Å². The molecule has 1 saturated heterocycles. The van der Waals surface area contributed by atoms with Gasteiger partial charge < -0.3 is 4.90 Å². The van der Waals surface area contributed by atoms with Gasteiger partial charge in [-0.3, -0.25) is 4.79 Å². The maximum Gasteiger partial charge on any atom is 0.239 e. The average Bonchev–Trinajstić information content (AvgIpc) is 3.35. The van der Waals surface area contributed by atoms with Crippen molar-refractivity contribution in [2.24, 2.45) is 11.3 Å². The molecule has 0 radical (unpaired) electrons. The SMILES string of the molecule is C[C@H](C#N)C(=O)N1CC2(CC2)C[C@@H]1Cc1cccc(-c2ccccc2)c1F. The summed E-state index contributed by atoms with van der Waals surface area (Å²) >= 11 is 0. The molecule has 138 valence electrons. The highest BCUT2D eigenvalue weighted by Crippen LogP contribution is 2.55. The molecule has 1 aliphatic heterocycles. The van der Waals surface area contributed by atoms with Gasteiger partial charge in [0.2, 0.25) is 5.91 Å². The van der Waals surface area contributed by atoms with Gasteiger partial charge in [0, 0.05) is 18.2 Å². The van der Waals surface area contributed by atoms with Crippen molar-refractivity contribution in [2.75, 3.05) is 6.54 Å². The Hall–Kier alpha value is -2.67. The van der Waals surface area contributed by atoms with Crippen molar-refractivity contribution in [2.45, 2.75) is 38.6 Å². The zero-order valence-corrected chi connectivity index (χ0v) is 15.5. The fourth-order valence-corrected chi connectivity index (χ4v) is 4.28. The number of nitrogens with zero attached hydrogens (tertiary/aromatic N) is 2. The molecule has 1 spiro atoms. The monoisotopic (exact) mass is 362 g/mol. The minimum Gasteiger partial charge on any atom is -0.338 e. The van der Waals surface area contributed by atoms with Crippen LogP contribution in [0.5, 0.6) is 0 Å². The van der Waals surface area contributed by atoms with Crippen molar-refractivity contribution in [3.05, 3.63) is 59.9 Å². The second-order valence-corrected chi connectivity index (χ2v) is 8.02. The minimum absolute atomic E-state index is 0.0312. The van der Waals surface area contributed by atoms with Gasteiger partial charge in [0.1, 0.15) is 11.7 Å². The second kappa shape index (κ2) is 6.81. The molecule has 2 aliphatic rings. The summed E-state index contributed by atoms with van der Waals surface area (Å²) in [6, 6.07) is 17.0. The number of carbonyl (C=O) groups is 1. The van der Waals surface area contributed by atoms with E-state index >= 15 is 4.39 Å². The Morgan fingerprint density at radius 3 is 2.67 bits per heavy atom. The van der Waals surface area contributed by atoms with Gasteiger partial charge in [-0.2, -0.15) is 5.26 Å². The summed E-state index contributed by atoms with van der Waals surface area (Å²) in [5.41, 5.74) is 2.30. The van der Waals surface area contributed by atoms with Gasteiger partial charge in [-0.05, 0) is 49.1 Å². The highest BCUT2D eigenvalue weighted by molar-refractivity contribution is 5.81. The molecular weight excluding hydrogens is 339 g/mol. The largest absolute Gasteiger partial charge is 0.338 e. The smallest absolute Gasteiger partial charge is 0.239 e. The van der Waals surface area contributed by atoms with Crippen molar-refractivity contribution in [1.29, 1.82) is 5.26 Å². The van der Waals surface area contributed by atoms with E-state index < -0.39 is 5.92 Å². The first-order valence-corrected chi connectivity index (χ1v) is 9.56. The van der Waals surface area contributed by atoms with Crippen molar-refractivity contribution < 1.29 is 9.18 Å². The van der Waals surface area contributed by atoms with Gasteiger partial charge >= 0.3 is 0 Å². The lowest BCUT2D eigenvalue weighted by Crippen LogP contribution is -2.40. The van der Waals surface area contributed by atoms with E-state index in [1.165, 1.54) is 0 Å². The van der Waals surface area contributed by atoms with Crippen LogP contribution in [-0.2, 0) is 11.2 Å². The summed E-state index contributed by atoms with van der Waals surface area (Å²) in [7, 11) is 0. The maximum atomic E-state index is 15.2. The fourth-order valence-electron chi connectivity index (χ4n) is 4.28. The van der Waals surface area contributed by atoms with Crippen molar-refractivity contribution in [3.63, 3.8) is 0 Å². The quantitative estimate of drug-likeness (QED) is 0.799. The molecule has 2 fully saturated rings. The van der Waals surface area contributed by atoms with Crippen LogP contribution in [0.2, 0.25) is 0 Å². The van der Waals surface area contributed by atoms with E-state index in [4.69, 9.17) is 5.26 Å². The summed E-state index contributed by atoms with van der Waals surface area (Å²) < 4.78 is 15.2. The number of nitriles is 1. The summed E-state index contributed by atoms with van der Waals surface area (Å²) in [5, 5.41) is 9.14. The van der Waals surface area contributed by atoms with Crippen LogP contribution >= 0.6 is 0 Å². The molecule has 0 N–H and O–H groups in total. The zero-order chi connectivity index (χ0) is 19.0. The lowest BCUT2D eigenvalue weighted by atomic mass is 9.95. The van der Waals surface area contributed by atoms with Crippen LogP contribution in [0.3, 0.4) is 0 Å². The third-order valence-corrected chi connectivity index (χ3v) is 6.04. The first-order valence-electron chi connectivity index (χ1n) is 9.56. The number of amides is 1. The summed E-state index contributed by atoms with van der Waals surface area (Å²) in [5.74, 6) is -0.978. The van der Waals surface area contributed by atoms with Crippen molar-refractivity contribution in [3.8, 4) is 17.2 Å². The topological polar surface area (TPSA) is 44.1 Å². The molecule has 1 heterocycles. The zero-order valence-electron chi connectivity index (χ0n) is 15.5. The molecule has 2 aromatic rings. The highest BCUT2D eigenvalue weighted by atomic mass is 19.1. The lowest BCUT2D eigenvalue weighted by molar-refractivity contribution is -0.134. The Morgan fingerprint density at radius 1 is 1.26 bits per heavy atom. The predicted molar refractivity (Wildman–Crippen MR) is 102 cm³/mol. The van der Waals surface area contributed by atoms with E-state index in [1.807, 2.05) is 47.4 Å². The Kier molecular flexibility index (Phi) is 4.47. The normalized spacial score (nSPS) is 21.1. The molecule has 4 heteroatoms. The molecular formula is C23H23FN2O. The first-order chi connectivity index (χ1) is 13.0. The predicted octanol–water partition coefficient (Wildman–Crippen LogP) is 4.58. The number of likely N-dealkylation sites (tertiary alicyclic amines) is 1. The van der Waals surface area contributed by atoms with E-state index in [9.17, 15) is 4.79 Å². The third-order valence-electron chi connectivity index (χ3n) is 6.04. The van der Waals surface area contributed by atoms with Crippen molar-refractivity contribution >= 4 is 5.91 Å². The third kappa shape index (κ3) is 3.35. The van der Waals surface area contributed by atoms with Crippen LogP contribution in [0, 0.1) is 28.5 Å². The molecule has 0 bridgehead atoms. The molecule has 0 aromatic heterocycles. The number of hydrogen-bond acceptors (Lipinski definition) is 2. The minimum atomic E-state index is -0.651. The standard InChI is InChI=1S/C23H23FN2O/c1-16(14-25)22(27)26-15-23(10-11-23)13-19(26)12-18-8-5-9-20(21(18)24)17-6-3-2-4-7-17/h2-9,16,19H,10-13,15H2,1H3/t16-,19+/m1/s1. The Balaban J connectivity index is 1.61. The second-order valence-electron chi connectivity index (χ2n) is 8.02. The first kappa shape index (κ1) is 17.7. The van der Waals surface area contributed by atoms with Gasteiger partial charge in [-0.15, -0.1) is 0 Å². The van der Waals surface area contributed by atoms with Gasteiger partial charge in [-0.25, -0.2) is 4.39 Å². The molecule has 1 aliphatic carbocycles. The molecule has 2 aromatic carbocycles. The summed E-state index contributed by atoms with van der Waals surface area (Å²) in [6.45, 7) is 2.36. The number of halogens is 1. The molecule has 27 heavy (non-hydrogen) atoms. The summed E-state index contributed by atoms with van der Waals surface area (Å²) in [6.07, 6.45) is 3.66. The Labute approximate surface area is 159 Å². The van der Waals surface area contributed by atoms with E-state index in [-0.39, 0.29) is 23.2 Å². The number of hydrogen-bond donors (Lipinski definition) is 0. The Morgan fingerprint density at radius 2 is 2.00 bits per heavy atom. The lowest BCUT2D eigenvalue weighted by Gasteiger charge is -2.26. The average molecular weight is 362 g/mol. The van der Waals surface area contributed by atoms with Crippen LogP contribution < -0.4 is 0 Å². The van der Waals surface area contributed by atoms with E-state index in [0.29, 0.717) is 24.1 Å². The van der Waals surface area contributed by atoms with Gasteiger partial charge in [-0.1, -0.05) is 48.5 Å². The molecule has 0 unspecified atom stereocenters. The maximum absolute atomic E-state index is 15.2. The van der Waals surface area contributed by atoms with Gasteiger partial charge in [0.25, 0.3) is 0 Å². The number of rotatable bonds is 4. The fraction of sp³-hybridized carbons (Fsp3) is 0.391. The number of benzene rings is 2. The van der Waals surface area contributed by atoms with E-state index in [2.05, 4.69) is 6.07 Å². The van der Waals surface area contributed by atoms with Gasteiger partial charge in [0.15, 0.2) is 0 Å². The van der Waals surface area contributed by atoms with Crippen LogP contribution in [-0.4, -0.2) is 23.4 Å². The van der Waals surface area contributed by atoms with Gasteiger partial charge in [0.05, 0.1) is 6.07 Å². The summed E-state index contributed by atoms with van der Waals surface area (Å²) in [4.78, 5) is 14.5. The molecule has 4 rings (SSSR count). The number of carbonyl (C=O) groups excluding carboxylic acids is 1. The molecule has 2 atom stereocenters. The van der Waals surface area contributed by atoms with Crippen LogP contribution in [0.25, 0.3) is 11.1 Å². The van der Waals surface area contributed by atoms with E-state index in [0.717, 1.165) is 24.8 Å². The molecule has 3 nitrogen and oxygen atoms in total. The van der Waals surface area contributed by atoms with Crippen LogP contribution in [0.4, 0.5) is 4.39 Å². The Bertz CT molecular complexity index is 898.